The minimum atomic E-state index is -0.742. The van der Waals surface area contributed by atoms with Gasteiger partial charge in [0.2, 0.25) is 0 Å². The molecule has 3 heterocycles. The normalized spacial score (nSPS) is 10.8. The molecule has 128 valence electrons. The van der Waals surface area contributed by atoms with Crippen molar-refractivity contribution in [3.63, 3.8) is 0 Å². The Morgan fingerprint density at radius 2 is 1.69 bits per heavy atom. The molecule has 0 bridgehead atoms. The lowest BCUT2D eigenvalue weighted by Crippen LogP contribution is -2.43. The standard InChI is InChI=1S/C18H13N5O3/c24-16(12-9-19-14-6-2-1-5-11(12)14)21-22-17(25)13-10-20-15-7-3-4-8-23(15)18(13)26/h1-10,19H,(H,21,24)(H,22,25). The molecule has 3 aromatic heterocycles. The molecule has 8 heteroatoms. The van der Waals surface area contributed by atoms with Gasteiger partial charge in [-0.3, -0.25) is 29.6 Å². The average molecular weight is 347 g/mol. The van der Waals surface area contributed by atoms with E-state index in [-0.39, 0.29) is 5.56 Å². The van der Waals surface area contributed by atoms with Crippen LogP contribution in [-0.4, -0.2) is 26.2 Å². The molecule has 4 rings (SSSR count). The van der Waals surface area contributed by atoms with Crippen LogP contribution in [0, 0.1) is 0 Å². The summed E-state index contributed by atoms with van der Waals surface area (Å²) in [4.78, 5) is 44.0. The summed E-state index contributed by atoms with van der Waals surface area (Å²) in [5.74, 6) is -1.24. The first-order valence-electron chi connectivity index (χ1n) is 7.78. The Labute approximate surface area is 146 Å². The minimum Gasteiger partial charge on any atom is -0.360 e. The van der Waals surface area contributed by atoms with Crippen LogP contribution < -0.4 is 16.4 Å². The van der Waals surface area contributed by atoms with Gasteiger partial charge in [0.25, 0.3) is 17.4 Å². The minimum absolute atomic E-state index is 0.173. The molecule has 1 aromatic carbocycles. The maximum atomic E-state index is 12.4. The molecule has 0 atom stereocenters. The predicted octanol–water partition coefficient (Wildman–Crippen LogP) is 1.25. The van der Waals surface area contributed by atoms with Gasteiger partial charge < -0.3 is 4.98 Å². The Morgan fingerprint density at radius 1 is 0.962 bits per heavy atom. The third kappa shape index (κ3) is 2.59. The molecule has 0 aliphatic rings. The summed E-state index contributed by atoms with van der Waals surface area (Å²) in [6.45, 7) is 0. The maximum Gasteiger partial charge on any atom is 0.276 e. The second kappa shape index (κ2) is 6.17. The van der Waals surface area contributed by atoms with Crippen molar-refractivity contribution in [3.8, 4) is 0 Å². The van der Waals surface area contributed by atoms with Gasteiger partial charge in [0, 0.05) is 29.5 Å². The number of aromatic nitrogens is 3. The quantitative estimate of drug-likeness (QED) is 0.474. The molecule has 8 nitrogen and oxygen atoms in total. The van der Waals surface area contributed by atoms with Crippen LogP contribution in [0.25, 0.3) is 16.6 Å². The SMILES string of the molecule is O=C(NNC(=O)c1c[nH]c2ccccc12)c1cnc2ccccn2c1=O. The first-order chi connectivity index (χ1) is 12.6. The summed E-state index contributed by atoms with van der Waals surface area (Å²) < 4.78 is 1.26. The Bertz CT molecular complexity index is 1210. The number of nitrogens with one attached hydrogen (secondary N) is 3. The molecule has 0 saturated heterocycles. The predicted molar refractivity (Wildman–Crippen MR) is 94.7 cm³/mol. The van der Waals surface area contributed by atoms with Gasteiger partial charge in [0.1, 0.15) is 11.2 Å². The average Bonchev–Trinajstić information content (AvgIpc) is 3.10. The van der Waals surface area contributed by atoms with Crippen molar-refractivity contribution in [1.82, 2.24) is 25.2 Å². The van der Waals surface area contributed by atoms with Crippen LogP contribution >= 0.6 is 0 Å². The largest absolute Gasteiger partial charge is 0.360 e. The van der Waals surface area contributed by atoms with Crippen LogP contribution in [0.4, 0.5) is 0 Å². The van der Waals surface area contributed by atoms with E-state index < -0.39 is 17.4 Å². The number of carbonyl (C=O) groups excluding carboxylic acids is 2. The van der Waals surface area contributed by atoms with Crippen LogP contribution in [0.2, 0.25) is 0 Å². The summed E-state index contributed by atoms with van der Waals surface area (Å²) in [7, 11) is 0. The fraction of sp³-hybridized carbons (Fsp3) is 0. The third-order valence-electron chi connectivity index (χ3n) is 3.98. The first-order valence-corrected chi connectivity index (χ1v) is 7.78. The van der Waals surface area contributed by atoms with Crippen molar-refractivity contribution in [2.45, 2.75) is 0 Å². The summed E-state index contributed by atoms with van der Waals surface area (Å²) >= 11 is 0. The number of aromatic amines is 1. The third-order valence-corrected chi connectivity index (χ3v) is 3.98. The number of amides is 2. The van der Waals surface area contributed by atoms with Gasteiger partial charge in [-0.05, 0) is 18.2 Å². The van der Waals surface area contributed by atoms with E-state index in [1.54, 1.807) is 30.5 Å². The molecule has 3 N–H and O–H groups in total. The van der Waals surface area contributed by atoms with Gasteiger partial charge in [-0.15, -0.1) is 0 Å². The van der Waals surface area contributed by atoms with E-state index in [2.05, 4.69) is 20.8 Å². The Balaban J connectivity index is 1.55. The molecule has 0 spiro atoms. The number of benzene rings is 1. The van der Waals surface area contributed by atoms with E-state index in [0.29, 0.717) is 11.2 Å². The first kappa shape index (κ1) is 15.6. The molecule has 26 heavy (non-hydrogen) atoms. The Kier molecular flexibility index (Phi) is 3.70. The highest BCUT2D eigenvalue weighted by molar-refractivity contribution is 6.07. The number of para-hydroxylation sites is 1. The van der Waals surface area contributed by atoms with Crippen LogP contribution in [0.3, 0.4) is 0 Å². The van der Waals surface area contributed by atoms with Crippen molar-refractivity contribution >= 4 is 28.4 Å². The van der Waals surface area contributed by atoms with Crippen LogP contribution in [0.15, 0.2) is 65.8 Å². The number of fused-ring (bicyclic) bond motifs is 2. The van der Waals surface area contributed by atoms with Crippen molar-refractivity contribution < 1.29 is 9.59 Å². The summed E-state index contributed by atoms with van der Waals surface area (Å²) in [5, 5.41) is 0.728. The molecule has 4 aromatic rings. The zero-order valence-corrected chi connectivity index (χ0v) is 13.4. The number of nitrogens with zero attached hydrogens (tertiary/aromatic N) is 2. The van der Waals surface area contributed by atoms with Gasteiger partial charge in [-0.1, -0.05) is 24.3 Å². The van der Waals surface area contributed by atoms with E-state index in [1.807, 2.05) is 18.2 Å². The monoisotopic (exact) mass is 347 g/mol. The molecular weight excluding hydrogens is 334 g/mol. The Hall–Kier alpha value is -3.94. The number of hydrogen-bond donors (Lipinski definition) is 3. The number of rotatable bonds is 2. The van der Waals surface area contributed by atoms with E-state index in [9.17, 15) is 14.4 Å². The lowest BCUT2D eigenvalue weighted by molar-refractivity contribution is 0.0846. The Morgan fingerprint density at radius 3 is 2.54 bits per heavy atom. The number of H-pyrrole nitrogens is 1. The van der Waals surface area contributed by atoms with Crippen molar-refractivity contribution in [1.29, 1.82) is 0 Å². The number of hydrogen-bond acceptors (Lipinski definition) is 4. The van der Waals surface area contributed by atoms with Crippen molar-refractivity contribution in [3.05, 3.63) is 82.5 Å². The molecular formula is C18H13N5O3. The highest BCUT2D eigenvalue weighted by Crippen LogP contribution is 2.17. The van der Waals surface area contributed by atoms with Gasteiger partial charge in [-0.25, -0.2) is 4.98 Å². The fourth-order valence-corrected chi connectivity index (χ4v) is 2.69. The van der Waals surface area contributed by atoms with Gasteiger partial charge in [0.05, 0.1) is 5.56 Å². The van der Waals surface area contributed by atoms with Gasteiger partial charge in [0.15, 0.2) is 0 Å². The molecule has 0 fully saturated rings. The van der Waals surface area contributed by atoms with Crippen molar-refractivity contribution in [2.24, 2.45) is 0 Å². The molecule has 0 radical (unpaired) electrons. The molecule has 2 amide bonds. The molecule has 0 aliphatic carbocycles. The zero-order chi connectivity index (χ0) is 18.1. The lowest BCUT2D eigenvalue weighted by Gasteiger charge is -2.07. The van der Waals surface area contributed by atoms with Gasteiger partial charge >= 0.3 is 0 Å². The number of carbonyl (C=O) groups is 2. The number of hydrazine groups is 1. The second-order valence-corrected chi connectivity index (χ2v) is 5.56. The summed E-state index contributed by atoms with van der Waals surface area (Å²) in [6, 6.07) is 12.4. The van der Waals surface area contributed by atoms with Crippen LogP contribution in [0.1, 0.15) is 20.7 Å². The van der Waals surface area contributed by atoms with Crippen molar-refractivity contribution in [2.75, 3.05) is 0 Å². The van der Waals surface area contributed by atoms with E-state index in [1.165, 1.54) is 16.8 Å². The molecule has 0 unspecified atom stereocenters. The van der Waals surface area contributed by atoms with E-state index >= 15 is 0 Å². The summed E-state index contributed by atoms with van der Waals surface area (Å²) in [6.07, 6.45) is 4.26. The molecule has 0 saturated carbocycles. The maximum absolute atomic E-state index is 12.4. The fourth-order valence-electron chi connectivity index (χ4n) is 2.69. The molecule has 0 aliphatic heterocycles. The van der Waals surface area contributed by atoms with E-state index in [4.69, 9.17) is 0 Å². The highest BCUT2D eigenvalue weighted by atomic mass is 16.2. The topological polar surface area (TPSA) is 108 Å². The highest BCUT2D eigenvalue weighted by Gasteiger charge is 2.16. The smallest absolute Gasteiger partial charge is 0.276 e. The lowest BCUT2D eigenvalue weighted by atomic mass is 10.2. The van der Waals surface area contributed by atoms with E-state index in [0.717, 1.165) is 10.9 Å². The van der Waals surface area contributed by atoms with Gasteiger partial charge in [-0.2, -0.15) is 0 Å². The second-order valence-electron chi connectivity index (χ2n) is 5.56. The van der Waals surface area contributed by atoms with Crippen LogP contribution in [-0.2, 0) is 0 Å². The number of pyridine rings is 1. The zero-order valence-electron chi connectivity index (χ0n) is 13.4. The van der Waals surface area contributed by atoms with Crippen LogP contribution in [0.5, 0.6) is 0 Å². The summed E-state index contributed by atoms with van der Waals surface area (Å²) in [5.41, 5.74) is 5.49.